The highest BCUT2D eigenvalue weighted by Crippen LogP contribution is 2.33. The molecule has 1 aliphatic rings. The van der Waals surface area contributed by atoms with Crippen molar-refractivity contribution in [2.24, 2.45) is 11.8 Å². The van der Waals surface area contributed by atoms with Crippen LogP contribution in [0.3, 0.4) is 0 Å². The van der Waals surface area contributed by atoms with Gasteiger partial charge in [-0.05, 0) is 62.3 Å². The Bertz CT molecular complexity index is 529. The average molecular weight is 389 g/mol. The SMILES string of the molecule is CCCCCCCCOc1ccc(OC(=O)C2CCC(CCCC)CC2)cc1. The average Bonchev–Trinajstić information content (AvgIpc) is 2.73. The smallest absolute Gasteiger partial charge is 0.314 e. The molecule has 3 heteroatoms. The zero-order chi connectivity index (χ0) is 20.0. The molecular weight excluding hydrogens is 348 g/mol. The molecule has 158 valence electrons. The van der Waals surface area contributed by atoms with Gasteiger partial charge in [0.05, 0.1) is 12.5 Å². The van der Waals surface area contributed by atoms with Crippen LogP contribution in [0, 0.1) is 11.8 Å². The van der Waals surface area contributed by atoms with Gasteiger partial charge in [0.2, 0.25) is 0 Å². The molecule has 0 radical (unpaired) electrons. The van der Waals surface area contributed by atoms with Gasteiger partial charge in [-0.15, -0.1) is 0 Å². The summed E-state index contributed by atoms with van der Waals surface area (Å²) in [5.41, 5.74) is 0. The lowest BCUT2D eigenvalue weighted by atomic mass is 9.80. The number of esters is 1. The maximum atomic E-state index is 12.4. The summed E-state index contributed by atoms with van der Waals surface area (Å²) in [4.78, 5) is 12.4. The molecule has 0 N–H and O–H groups in total. The van der Waals surface area contributed by atoms with Crippen molar-refractivity contribution < 1.29 is 14.3 Å². The van der Waals surface area contributed by atoms with Crippen molar-refractivity contribution >= 4 is 5.97 Å². The van der Waals surface area contributed by atoms with Crippen molar-refractivity contribution in [1.29, 1.82) is 0 Å². The molecule has 1 aliphatic carbocycles. The van der Waals surface area contributed by atoms with E-state index in [0.717, 1.165) is 37.5 Å². The van der Waals surface area contributed by atoms with Crippen LogP contribution in [0.25, 0.3) is 0 Å². The normalized spacial score (nSPS) is 19.4. The van der Waals surface area contributed by atoms with Gasteiger partial charge in [-0.1, -0.05) is 65.2 Å². The van der Waals surface area contributed by atoms with Crippen LogP contribution >= 0.6 is 0 Å². The summed E-state index contributed by atoms with van der Waals surface area (Å²) in [5.74, 6) is 2.30. The Labute approximate surface area is 172 Å². The van der Waals surface area contributed by atoms with Gasteiger partial charge >= 0.3 is 5.97 Å². The third kappa shape index (κ3) is 8.67. The summed E-state index contributed by atoms with van der Waals surface area (Å²) in [6, 6.07) is 7.51. The van der Waals surface area contributed by atoms with E-state index in [1.807, 2.05) is 24.3 Å². The summed E-state index contributed by atoms with van der Waals surface area (Å²) in [6.45, 7) is 5.24. The fourth-order valence-corrected chi connectivity index (χ4v) is 4.06. The molecular formula is C25H40O3. The Kier molecular flexibility index (Phi) is 11.1. The number of unbranched alkanes of at least 4 members (excludes halogenated alkanes) is 6. The molecule has 0 unspecified atom stereocenters. The van der Waals surface area contributed by atoms with E-state index in [0.29, 0.717) is 5.75 Å². The lowest BCUT2D eigenvalue weighted by Crippen LogP contribution is -2.25. The molecule has 0 aliphatic heterocycles. The standard InChI is InChI=1S/C25H40O3/c1-3-5-7-8-9-10-20-27-23-16-18-24(19-17-23)28-25(26)22-14-12-21(13-15-22)11-6-4-2/h16-19,21-22H,3-15,20H2,1-2H3. The summed E-state index contributed by atoms with van der Waals surface area (Å²) in [6.07, 6.45) is 15.8. The fourth-order valence-electron chi connectivity index (χ4n) is 4.06. The zero-order valence-corrected chi connectivity index (χ0v) is 18.1. The Morgan fingerprint density at radius 3 is 2.11 bits per heavy atom. The number of hydrogen-bond donors (Lipinski definition) is 0. The first-order valence-corrected chi connectivity index (χ1v) is 11.7. The van der Waals surface area contributed by atoms with Gasteiger partial charge in [-0.3, -0.25) is 4.79 Å². The molecule has 0 saturated heterocycles. The Morgan fingerprint density at radius 2 is 1.43 bits per heavy atom. The van der Waals surface area contributed by atoms with E-state index in [1.165, 1.54) is 64.2 Å². The van der Waals surface area contributed by atoms with Crippen LogP contribution < -0.4 is 9.47 Å². The Hall–Kier alpha value is -1.51. The van der Waals surface area contributed by atoms with Gasteiger partial charge in [0.25, 0.3) is 0 Å². The molecule has 0 atom stereocenters. The third-order valence-corrected chi connectivity index (χ3v) is 5.95. The minimum Gasteiger partial charge on any atom is -0.494 e. The monoisotopic (exact) mass is 388 g/mol. The van der Waals surface area contributed by atoms with Gasteiger partial charge in [0.15, 0.2) is 0 Å². The molecule has 0 spiro atoms. The predicted octanol–water partition coefficient (Wildman–Crippen LogP) is 7.33. The molecule has 1 fully saturated rings. The second-order valence-corrected chi connectivity index (χ2v) is 8.37. The summed E-state index contributed by atoms with van der Waals surface area (Å²) in [5, 5.41) is 0. The predicted molar refractivity (Wildman–Crippen MR) is 116 cm³/mol. The number of carbonyl (C=O) groups excluding carboxylic acids is 1. The van der Waals surface area contributed by atoms with Crippen LogP contribution in [0.4, 0.5) is 0 Å². The minimum atomic E-state index is -0.0605. The molecule has 0 amide bonds. The highest BCUT2D eigenvalue weighted by molar-refractivity contribution is 5.75. The van der Waals surface area contributed by atoms with Crippen LogP contribution in [0.2, 0.25) is 0 Å². The van der Waals surface area contributed by atoms with E-state index in [2.05, 4.69) is 13.8 Å². The van der Waals surface area contributed by atoms with Gasteiger partial charge in [0.1, 0.15) is 11.5 Å². The number of ether oxygens (including phenoxy) is 2. The van der Waals surface area contributed by atoms with E-state index in [-0.39, 0.29) is 11.9 Å². The Morgan fingerprint density at radius 1 is 0.821 bits per heavy atom. The third-order valence-electron chi connectivity index (χ3n) is 5.95. The van der Waals surface area contributed by atoms with Gasteiger partial charge in [-0.25, -0.2) is 0 Å². The quantitative estimate of drug-likeness (QED) is 0.202. The van der Waals surface area contributed by atoms with Crippen LogP contribution in [0.5, 0.6) is 11.5 Å². The van der Waals surface area contributed by atoms with Crippen LogP contribution in [0.1, 0.15) is 97.3 Å². The van der Waals surface area contributed by atoms with Crippen molar-refractivity contribution in [3.63, 3.8) is 0 Å². The van der Waals surface area contributed by atoms with E-state index < -0.39 is 0 Å². The van der Waals surface area contributed by atoms with Gasteiger partial charge < -0.3 is 9.47 Å². The van der Waals surface area contributed by atoms with Crippen molar-refractivity contribution in [3.05, 3.63) is 24.3 Å². The van der Waals surface area contributed by atoms with E-state index in [4.69, 9.17) is 9.47 Å². The van der Waals surface area contributed by atoms with Gasteiger partial charge in [0, 0.05) is 0 Å². The molecule has 1 aromatic rings. The largest absolute Gasteiger partial charge is 0.494 e. The molecule has 0 aromatic heterocycles. The summed E-state index contributed by atoms with van der Waals surface area (Å²) in [7, 11) is 0. The number of benzene rings is 1. The number of rotatable bonds is 13. The maximum absolute atomic E-state index is 12.4. The van der Waals surface area contributed by atoms with E-state index in [1.54, 1.807) is 0 Å². The number of carbonyl (C=O) groups is 1. The highest BCUT2D eigenvalue weighted by atomic mass is 16.5. The Balaban J connectivity index is 1.63. The second kappa shape index (κ2) is 13.6. The maximum Gasteiger partial charge on any atom is 0.314 e. The lowest BCUT2D eigenvalue weighted by Gasteiger charge is -2.27. The summed E-state index contributed by atoms with van der Waals surface area (Å²) >= 11 is 0. The van der Waals surface area contributed by atoms with E-state index in [9.17, 15) is 4.79 Å². The highest BCUT2D eigenvalue weighted by Gasteiger charge is 2.27. The molecule has 1 saturated carbocycles. The number of hydrogen-bond acceptors (Lipinski definition) is 3. The van der Waals surface area contributed by atoms with Crippen LogP contribution in [-0.4, -0.2) is 12.6 Å². The van der Waals surface area contributed by atoms with Crippen molar-refractivity contribution in [1.82, 2.24) is 0 Å². The molecule has 1 aromatic carbocycles. The second-order valence-electron chi connectivity index (χ2n) is 8.37. The zero-order valence-electron chi connectivity index (χ0n) is 18.1. The van der Waals surface area contributed by atoms with Crippen molar-refractivity contribution in [3.8, 4) is 11.5 Å². The first-order valence-electron chi connectivity index (χ1n) is 11.7. The topological polar surface area (TPSA) is 35.5 Å². The molecule has 0 heterocycles. The van der Waals surface area contributed by atoms with Crippen molar-refractivity contribution in [2.75, 3.05) is 6.61 Å². The minimum absolute atomic E-state index is 0.0605. The van der Waals surface area contributed by atoms with E-state index >= 15 is 0 Å². The molecule has 0 bridgehead atoms. The van der Waals surface area contributed by atoms with Crippen LogP contribution in [0.15, 0.2) is 24.3 Å². The van der Waals surface area contributed by atoms with Crippen molar-refractivity contribution in [2.45, 2.75) is 97.3 Å². The molecule has 3 nitrogen and oxygen atoms in total. The summed E-state index contributed by atoms with van der Waals surface area (Å²) < 4.78 is 11.4. The molecule has 2 rings (SSSR count). The first kappa shape index (κ1) is 22.8. The van der Waals surface area contributed by atoms with Gasteiger partial charge in [-0.2, -0.15) is 0 Å². The molecule has 28 heavy (non-hydrogen) atoms. The first-order chi connectivity index (χ1) is 13.7. The van der Waals surface area contributed by atoms with Crippen LogP contribution in [-0.2, 0) is 4.79 Å². The fraction of sp³-hybridized carbons (Fsp3) is 0.720. The lowest BCUT2D eigenvalue weighted by molar-refractivity contribution is -0.140.